The molecule has 0 saturated carbocycles. The molecular weight excluding hydrogens is 198 g/mol. The van der Waals surface area contributed by atoms with E-state index < -0.39 is 6.41 Å². The maximum absolute atomic E-state index is 11.4. The Kier molecular flexibility index (Phi) is 2.90. The molecule has 2 aliphatic rings. The highest BCUT2D eigenvalue weighted by Gasteiger charge is 2.39. The first-order valence-corrected chi connectivity index (χ1v) is 4.98. The highest BCUT2D eigenvalue weighted by atomic mass is 16.7. The van der Waals surface area contributed by atoms with Gasteiger partial charge in [-0.1, -0.05) is 13.5 Å². The first kappa shape index (κ1) is 10.4. The number of hydrogen-bond acceptors (Lipinski definition) is 5. The highest BCUT2D eigenvalue weighted by molar-refractivity contribution is 5.94. The van der Waals surface area contributed by atoms with E-state index in [2.05, 4.69) is 17.2 Å². The molecule has 2 aliphatic heterocycles. The topological polar surface area (TPSA) is 62.8 Å². The number of amides is 1. The Balaban J connectivity index is 2.10. The quantitative estimate of drug-likeness (QED) is 0.598. The molecule has 1 unspecified atom stereocenters. The van der Waals surface area contributed by atoms with Crippen molar-refractivity contribution in [1.29, 1.82) is 0 Å². The minimum absolute atomic E-state index is 0.194. The van der Waals surface area contributed by atoms with Crippen LogP contribution in [0.15, 0.2) is 12.3 Å². The van der Waals surface area contributed by atoms with Crippen LogP contribution in [0.1, 0.15) is 6.92 Å². The van der Waals surface area contributed by atoms with Gasteiger partial charge in [-0.15, -0.1) is 0 Å². The fraction of sp³-hybridized carbons (Fsp3) is 0.667. The zero-order chi connectivity index (χ0) is 10.8. The van der Waals surface area contributed by atoms with Crippen LogP contribution in [0.5, 0.6) is 0 Å². The van der Waals surface area contributed by atoms with Crippen molar-refractivity contribution in [1.82, 2.24) is 15.5 Å². The third kappa shape index (κ3) is 1.83. The lowest BCUT2D eigenvalue weighted by Crippen LogP contribution is -2.51. The fourth-order valence-corrected chi connectivity index (χ4v) is 1.65. The Labute approximate surface area is 88.2 Å². The number of carbonyl (C=O) groups is 1. The summed E-state index contributed by atoms with van der Waals surface area (Å²) in [6.07, 6.45) is -0.807. The average Bonchev–Trinajstić information content (AvgIpc) is 2.78. The van der Waals surface area contributed by atoms with E-state index in [0.717, 1.165) is 6.54 Å². The van der Waals surface area contributed by atoms with Crippen molar-refractivity contribution >= 4 is 5.91 Å². The molecule has 0 aromatic heterocycles. The first-order chi connectivity index (χ1) is 7.24. The molecule has 2 fully saturated rings. The van der Waals surface area contributed by atoms with Crippen molar-refractivity contribution in [3.63, 3.8) is 0 Å². The van der Waals surface area contributed by atoms with Crippen LogP contribution in [0.25, 0.3) is 0 Å². The lowest BCUT2D eigenvalue weighted by atomic mass is 10.4. The Bertz CT molecular complexity index is 276. The molecule has 6 nitrogen and oxygen atoms in total. The number of ether oxygens (including phenoxy) is 2. The summed E-state index contributed by atoms with van der Waals surface area (Å²) in [6, 6.07) is 0. The molecule has 2 rings (SSSR count). The van der Waals surface area contributed by atoms with Gasteiger partial charge in [0.1, 0.15) is 5.70 Å². The van der Waals surface area contributed by atoms with E-state index in [0.29, 0.717) is 18.9 Å². The van der Waals surface area contributed by atoms with Crippen LogP contribution in [-0.4, -0.2) is 43.3 Å². The normalized spacial score (nSPS) is 27.5. The molecule has 6 heteroatoms. The molecule has 2 heterocycles. The van der Waals surface area contributed by atoms with Crippen LogP contribution < -0.4 is 10.6 Å². The molecule has 2 saturated heterocycles. The van der Waals surface area contributed by atoms with Crippen molar-refractivity contribution in [2.75, 3.05) is 19.8 Å². The predicted octanol–water partition coefficient (Wildman–Crippen LogP) is -0.845. The standard InChI is InChI=1S/C9H15N3O3/c1-3-10-8-11-7(13)6(2)12(8)9-14-4-5-15-9/h8-10H,2-5H2,1H3,(H,11,13). The fourth-order valence-electron chi connectivity index (χ4n) is 1.65. The maximum atomic E-state index is 11.4. The van der Waals surface area contributed by atoms with Gasteiger partial charge in [-0.05, 0) is 6.54 Å². The third-order valence-electron chi connectivity index (χ3n) is 2.35. The number of rotatable bonds is 3. The van der Waals surface area contributed by atoms with Crippen molar-refractivity contribution in [3.8, 4) is 0 Å². The van der Waals surface area contributed by atoms with E-state index in [1.165, 1.54) is 0 Å². The summed E-state index contributed by atoms with van der Waals surface area (Å²) in [4.78, 5) is 13.1. The van der Waals surface area contributed by atoms with Crippen LogP contribution in [0.2, 0.25) is 0 Å². The molecule has 1 amide bonds. The van der Waals surface area contributed by atoms with Crippen LogP contribution in [0, 0.1) is 0 Å². The number of carbonyl (C=O) groups excluding carboxylic acids is 1. The SMILES string of the molecule is C=C1C(=O)NC(NCC)N1C1OCCO1. The molecule has 1 atom stereocenters. The van der Waals surface area contributed by atoms with Crippen LogP contribution in [0.3, 0.4) is 0 Å². The summed E-state index contributed by atoms with van der Waals surface area (Å²) in [5.74, 6) is -0.194. The zero-order valence-corrected chi connectivity index (χ0v) is 8.66. The van der Waals surface area contributed by atoms with Crippen LogP contribution in [0.4, 0.5) is 0 Å². The summed E-state index contributed by atoms with van der Waals surface area (Å²) in [6.45, 7) is 7.49. The van der Waals surface area contributed by atoms with Gasteiger partial charge in [0.2, 0.25) is 6.41 Å². The summed E-state index contributed by atoms with van der Waals surface area (Å²) < 4.78 is 10.7. The molecule has 0 spiro atoms. The largest absolute Gasteiger partial charge is 0.333 e. The average molecular weight is 213 g/mol. The molecule has 2 N–H and O–H groups in total. The molecular formula is C9H15N3O3. The van der Waals surface area contributed by atoms with Gasteiger partial charge >= 0.3 is 0 Å². The first-order valence-electron chi connectivity index (χ1n) is 4.98. The van der Waals surface area contributed by atoms with Gasteiger partial charge in [-0.25, -0.2) is 0 Å². The molecule has 0 bridgehead atoms. The van der Waals surface area contributed by atoms with E-state index in [-0.39, 0.29) is 12.2 Å². The second-order valence-electron chi connectivity index (χ2n) is 3.34. The van der Waals surface area contributed by atoms with E-state index in [4.69, 9.17) is 9.47 Å². The summed E-state index contributed by atoms with van der Waals surface area (Å²) in [5.41, 5.74) is 0.368. The number of nitrogens with one attached hydrogen (secondary N) is 2. The van der Waals surface area contributed by atoms with Gasteiger partial charge < -0.3 is 14.8 Å². The second kappa shape index (κ2) is 4.18. The van der Waals surface area contributed by atoms with Crippen molar-refractivity contribution < 1.29 is 14.3 Å². The highest BCUT2D eigenvalue weighted by Crippen LogP contribution is 2.21. The number of nitrogens with zero attached hydrogens (tertiary/aromatic N) is 1. The molecule has 15 heavy (non-hydrogen) atoms. The van der Waals surface area contributed by atoms with Gasteiger partial charge in [0, 0.05) is 0 Å². The maximum Gasteiger partial charge on any atom is 0.269 e. The van der Waals surface area contributed by atoms with E-state index >= 15 is 0 Å². The Hall–Kier alpha value is -1.11. The minimum Gasteiger partial charge on any atom is -0.333 e. The minimum atomic E-state index is -0.513. The second-order valence-corrected chi connectivity index (χ2v) is 3.34. The third-order valence-corrected chi connectivity index (χ3v) is 2.35. The van der Waals surface area contributed by atoms with E-state index in [1.807, 2.05) is 6.92 Å². The van der Waals surface area contributed by atoms with Gasteiger partial charge in [-0.2, -0.15) is 0 Å². The van der Waals surface area contributed by atoms with Gasteiger partial charge in [0.15, 0.2) is 6.29 Å². The Morgan fingerprint density at radius 3 is 2.87 bits per heavy atom. The lowest BCUT2D eigenvalue weighted by molar-refractivity contribution is -0.151. The van der Waals surface area contributed by atoms with Gasteiger partial charge in [-0.3, -0.25) is 15.0 Å². The predicted molar refractivity (Wildman–Crippen MR) is 52.3 cm³/mol. The van der Waals surface area contributed by atoms with Crippen LogP contribution in [-0.2, 0) is 14.3 Å². The molecule has 0 aromatic carbocycles. The monoisotopic (exact) mass is 213 g/mol. The summed E-state index contributed by atoms with van der Waals surface area (Å²) in [7, 11) is 0. The summed E-state index contributed by atoms with van der Waals surface area (Å²) in [5, 5.41) is 5.85. The lowest BCUT2D eigenvalue weighted by Gasteiger charge is -2.29. The molecule has 0 aliphatic carbocycles. The molecule has 0 radical (unpaired) electrons. The zero-order valence-electron chi connectivity index (χ0n) is 8.66. The number of hydrogen-bond donors (Lipinski definition) is 2. The van der Waals surface area contributed by atoms with E-state index in [1.54, 1.807) is 4.90 Å². The van der Waals surface area contributed by atoms with Gasteiger partial charge in [0.25, 0.3) is 5.91 Å². The summed E-state index contributed by atoms with van der Waals surface area (Å²) >= 11 is 0. The smallest absolute Gasteiger partial charge is 0.269 e. The van der Waals surface area contributed by atoms with E-state index in [9.17, 15) is 4.79 Å². The molecule has 0 aromatic rings. The van der Waals surface area contributed by atoms with Gasteiger partial charge in [0.05, 0.1) is 13.2 Å². The van der Waals surface area contributed by atoms with Crippen molar-refractivity contribution in [2.45, 2.75) is 19.6 Å². The van der Waals surface area contributed by atoms with Crippen LogP contribution >= 0.6 is 0 Å². The Morgan fingerprint density at radius 1 is 1.60 bits per heavy atom. The molecule has 84 valence electrons. The van der Waals surface area contributed by atoms with Crippen molar-refractivity contribution in [2.24, 2.45) is 0 Å². The Morgan fingerprint density at radius 2 is 2.27 bits per heavy atom. The van der Waals surface area contributed by atoms with Crippen molar-refractivity contribution in [3.05, 3.63) is 12.3 Å².